The Kier molecular flexibility index (Phi) is 2.49. The van der Waals surface area contributed by atoms with Crippen molar-refractivity contribution in [2.45, 2.75) is 12.8 Å². The Hall–Kier alpha value is -1.71. The number of benzene rings is 1. The van der Waals surface area contributed by atoms with E-state index in [1.165, 1.54) is 31.0 Å². The summed E-state index contributed by atoms with van der Waals surface area (Å²) in [4.78, 5) is 10.6. The van der Waals surface area contributed by atoms with Crippen LogP contribution in [0.5, 0.6) is 11.5 Å². The molecule has 1 saturated carbocycles. The summed E-state index contributed by atoms with van der Waals surface area (Å²) in [6.07, 6.45) is 2.35. The molecule has 2 N–H and O–H groups in total. The predicted octanol–water partition coefficient (Wildman–Crippen LogP) is 1.88. The van der Waals surface area contributed by atoms with E-state index in [1.54, 1.807) is 0 Å². The van der Waals surface area contributed by atoms with Gasteiger partial charge >= 0.3 is 5.97 Å². The van der Waals surface area contributed by atoms with E-state index >= 15 is 0 Å². The molecule has 0 bridgehead atoms. The molecule has 0 amide bonds. The number of hydrogen-bond donors (Lipinski definition) is 2. The average Bonchev–Trinajstić information content (AvgIpc) is 2.99. The van der Waals surface area contributed by atoms with Crippen LogP contribution in [-0.4, -0.2) is 22.8 Å². The van der Waals surface area contributed by atoms with Gasteiger partial charge in [0.25, 0.3) is 0 Å². The van der Waals surface area contributed by atoms with E-state index < -0.39 is 5.97 Å². The highest BCUT2D eigenvalue weighted by molar-refractivity contribution is 5.88. The minimum Gasteiger partial charge on any atom is -0.504 e. The van der Waals surface area contributed by atoms with Gasteiger partial charge in [-0.2, -0.15) is 0 Å². The molecule has 1 aliphatic carbocycles. The van der Waals surface area contributed by atoms with Gasteiger partial charge in [0.05, 0.1) is 12.2 Å². The third kappa shape index (κ3) is 2.40. The summed E-state index contributed by atoms with van der Waals surface area (Å²) in [5.74, 6) is -0.218. The fourth-order valence-corrected chi connectivity index (χ4v) is 1.26. The molecule has 0 heterocycles. The van der Waals surface area contributed by atoms with Crippen molar-refractivity contribution >= 4 is 5.97 Å². The van der Waals surface area contributed by atoms with Crippen LogP contribution in [0.2, 0.25) is 0 Å². The number of carboxylic acid groups (broad SMARTS) is 1. The van der Waals surface area contributed by atoms with Crippen LogP contribution in [0, 0.1) is 5.92 Å². The van der Waals surface area contributed by atoms with Crippen LogP contribution in [0.1, 0.15) is 23.2 Å². The minimum atomic E-state index is -1.06. The average molecular weight is 208 g/mol. The molecule has 15 heavy (non-hydrogen) atoms. The summed E-state index contributed by atoms with van der Waals surface area (Å²) in [6.45, 7) is 0.597. The van der Waals surface area contributed by atoms with Gasteiger partial charge in [-0.25, -0.2) is 4.79 Å². The standard InChI is InChI=1S/C11H12O4/c12-9-5-8(11(13)14)3-4-10(9)15-6-7-1-2-7/h3-5,7,12H,1-2,6H2,(H,13,14). The molecule has 0 aliphatic heterocycles. The van der Waals surface area contributed by atoms with Crippen LogP contribution in [0.25, 0.3) is 0 Å². The lowest BCUT2D eigenvalue weighted by Gasteiger charge is -2.07. The fourth-order valence-electron chi connectivity index (χ4n) is 1.26. The third-order valence-corrected chi connectivity index (χ3v) is 2.38. The van der Waals surface area contributed by atoms with Gasteiger partial charge in [0.15, 0.2) is 11.5 Å². The fraction of sp³-hybridized carbons (Fsp3) is 0.364. The first kappa shape index (κ1) is 9.83. The van der Waals surface area contributed by atoms with Crippen LogP contribution in [0.3, 0.4) is 0 Å². The summed E-state index contributed by atoms with van der Waals surface area (Å²) in [5, 5.41) is 18.2. The Morgan fingerprint density at radius 1 is 1.47 bits per heavy atom. The Labute approximate surface area is 87.1 Å². The molecule has 1 aromatic rings. The van der Waals surface area contributed by atoms with E-state index in [2.05, 4.69) is 0 Å². The monoisotopic (exact) mass is 208 g/mol. The van der Waals surface area contributed by atoms with Crippen molar-refractivity contribution in [2.24, 2.45) is 5.92 Å². The Balaban J connectivity index is 2.07. The van der Waals surface area contributed by atoms with Gasteiger partial charge in [0.1, 0.15) is 0 Å². The first-order chi connectivity index (χ1) is 7.16. The van der Waals surface area contributed by atoms with E-state index in [9.17, 15) is 9.90 Å². The first-order valence-electron chi connectivity index (χ1n) is 4.86. The van der Waals surface area contributed by atoms with E-state index in [0.29, 0.717) is 18.3 Å². The number of rotatable bonds is 4. The quantitative estimate of drug-likeness (QED) is 0.792. The molecule has 1 aromatic carbocycles. The molecule has 1 fully saturated rings. The smallest absolute Gasteiger partial charge is 0.335 e. The van der Waals surface area contributed by atoms with Crippen molar-refractivity contribution < 1.29 is 19.7 Å². The molecule has 0 spiro atoms. The van der Waals surface area contributed by atoms with E-state index in [1.807, 2.05) is 0 Å². The van der Waals surface area contributed by atoms with E-state index in [-0.39, 0.29) is 11.3 Å². The summed E-state index contributed by atoms with van der Waals surface area (Å²) in [7, 11) is 0. The van der Waals surface area contributed by atoms with Crippen molar-refractivity contribution in [1.82, 2.24) is 0 Å². The van der Waals surface area contributed by atoms with Gasteiger partial charge in [-0.1, -0.05) is 0 Å². The largest absolute Gasteiger partial charge is 0.504 e. The number of hydrogen-bond acceptors (Lipinski definition) is 3. The second-order valence-electron chi connectivity index (χ2n) is 3.74. The number of phenolic OH excluding ortho intramolecular Hbond substituents is 1. The number of aromatic hydroxyl groups is 1. The second kappa shape index (κ2) is 3.81. The maximum atomic E-state index is 10.6. The van der Waals surface area contributed by atoms with E-state index in [4.69, 9.17) is 9.84 Å². The van der Waals surface area contributed by atoms with Gasteiger partial charge in [-0.05, 0) is 37.0 Å². The maximum absolute atomic E-state index is 10.6. The molecule has 0 saturated heterocycles. The summed E-state index contributed by atoms with van der Waals surface area (Å²) < 4.78 is 5.35. The Morgan fingerprint density at radius 3 is 2.73 bits per heavy atom. The lowest BCUT2D eigenvalue weighted by molar-refractivity contribution is 0.0696. The van der Waals surface area contributed by atoms with Crippen molar-refractivity contribution in [3.63, 3.8) is 0 Å². The highest BCUT2D eigenvalue weighted by atomic mass is 16.5. The summed E-state index contributed by atoms with van der Waals surface area (Å²) in [5.41, 5.74) is 0.0614. The molecule has 80 valence electrons. The lowest BCUT2D eigenvalue weighted by atomic mass is 10.2. The van der Waals surface area contributed by atoms with E-state index in [0.717, 1.165) is 0 Å². The van der Waals surface area contributed by atoms with Gasteiger partial charge in [0.2, 0.25) is 0 Å². The third-order valence-electron chi connectivity index (χ3n) is 2.38. The molecule has 0 radical (unpaired) electrons. The molecule has 0 unspecified atom stereocenters. The predicted molar refractivity (Wildman–Crippen MR) is 53.3 cm³/mol. The Morgan fingerprint density at radius 2 is 2.20 bits per heavy atom. The van der Waals surface area contributed by atoms with Gasteiger partial charge in [-0.15, -0.1) is 0 Å². The van der Waals surface area contributed by atoms with Crippen LogP contribution in [0.15, 0.2) is 18.2 Å². The summed E-state index contributed by atoms with van der Waals surface area (Å²) >= 11 is 0. The zero-order valence-electron chi connectivity index (χ0n) is 8.14. The zero-order valence-corrected chi connectivity index (χ0v) is 8.14. The van der Waals surface area contributed by atoms with Crippen molar-refractivity contribution in [1.29, 1.82) is 0 Å². The molecular weight excluding hydrogens is 196 g/mol. The summed E-state index contributed by atoms with van der Waals surface area (Å²) in [6, 6.07) is 4.11. The van der Waals surface area contributed by atoms with Crippen molar-refractivity contribution in [3.8, 4) is 11.5 Å². The lowest BCUT2D eigenvalue weighted by Crippen LogP contribution is -2.00. The highest BCUT2D eigenvalue weighted by Gasteiger charge is 2.22. The van der Waals surface area contributed by atoms with Crippen LogP contribution in [0.4, 0.5) is 0 Å². The molecule has 4 heteroatoms. The van der Waals surface area contributed by atoms with Crippen LogP contribution < -0.4 is 4.74 Å². The molecule has 0 aromatic heterocycles. The number of ether oxygens (including phenoxy) is 1. The molecule has 1 aliphatic rings. The number of aromatic carboxylic acids is 1. The number of carboxylic acids is 1. The number of phenols is 1. The topological polar surface area (TPSA) is 66.8 Å². The number of carbonyl (C=O) groups is 1. The second-order valence-corrected chi connectivity index (χ2v) is 3.74. The van der Waals surface area contributed by atoms with Crippen molar-refractivity contribution in [2.75, 3.05) is 6.61 Å². The van der Waals surface area contributed by atoms with Gasteiger partial charge in [0, 0.05) is 0 Å². The Bertz CT molecular complexity index is 382. The SMILES string of the molecule is O=C(O)c1ccc(OCC2CC2)c(O)c1. The molecule has 4 nitrogen and oxygen atoms in total. The van der Waals surface area contributed by atoms with Crippen LogP contribution in [-0.2, 0) is 0 Å². The van der Waals surface area contributed by atoms with Gasteiger partial charge in [-0.3, -0.25) is 0 Å². The molecular formula is C11H12O4. The minimum absolute atomic E-state index is 0.0614. The molecule has 0 atom stereocenters. The maximum Gasteiger partial charge on any atom is 0.335 e. The van der Waals surface area contributed by atoms with Gasteiger partial charge < -0.3 is 14.9 Å². The van der Waals surface area contributed by atoms with Crippen molar-refractivity contribution in [3.05, 3.63) is 23.8 Å². The van der Waals surface area contributed by atoms with Crippen LogP contribution >= 0.6 is 0 Å². The first-order valence-corrected chi connectivity index (χ1v) is 4.86. The molecule has 2 rings (SSSR count). The zero-order chi connectivity index (χ0) is 10.8. The normalized spacial score (nSPS) is 14.9. The highest BCUT2D eigenvalue weighted by Crippen LogP contribution is 2.32.